The molecule has 0 spiro atoms. The Labute approximate surface area is 121 Å². The highest BCUT2D eigenvalue weighted by atomic mass is 19.1. The van der Waals surface area contributed by atoms with Gasteiger partial charge in [-0.05, 0) is 43.5 Å². The van der Waals surface area contributed by atoms with Crippen molar-refractivity contribution in [1.82, 2.24) is 10.6 Å². The lowest BCUT2D eigenvalue weighted by molar-refractivity contribution is 0.0947. The number of benzene rings is 1. The minimum Gasteiger partial charge on any atom is -0.442 e. The molecule has 1 amide bonds. The summed E-state index contributed by atoms with van der Waals surface area (Å²) in [5, 5.41) is 6.10. The molecule has 1 aromatic carbocycles. The molecular formula is C15H18F2N2O2. The van der Waals surface area contributed by atoms with Crippen molar-refractivity contribution in [3.8, 4) is 0 Å². The van der Waals surface area contributed by atoms with Gasteiger partial charge < -0.3 is 15.4 Å². The van der Waals surface area contributed by atoms with Crippen LogP contribution in [0.15, 0.2) is 18.2 Å². The molecule has 114 valence electrons. The molecule has 0 aromatic heterocycles. The van der Waals surface area contributed by atoms with Gasteiger partial charge in [0.25, 0.3) is 0 Å². The first-order valence-corrected chi connectivity index (χ1v) is 7.27. The van der Waals surface area contributed by atoms with Crippen molar-refractivity contribution in [2.75, 3.05) is 6.54 Å². The van der Waals surface area contributed by atoms with E-state index in [1.807, 2.05) is 0 Å². The minimum atomic E-state index is -0.609. The zero-order valence-electron chi connectivity index (χ0n) is 11.6. The summed E-state index contributed by atoms with van der Waals surface area (Å²) in [4.78, 5) is 11.5. The van der Waals surface area contributed by atoms with E-state index in [1.165, 1.54) is 12.1 Å². The second kappa shape index (κ2) is 5.97. The number of cyclic esters (lactones) is 1. The van der Waals surface area contributed by atoms with E-state index in [4.69, 9.17) is 4.74 Å². The molecule has 2 aliphatic heterocycles. The molecule has 2 N–H and O–H groups in total. The van der Waals surface area contributed by atoms with Gasteiger partial charge in [0.1, 0.15) is 17.7 Å². The Kier molecular flexibility index (Phi) is 4.05. The van der Waals surface area contributed by atoms with Crippen LogP contribution in [0.2, 0.25) is 0 Å². The smallest absolute Gasteiger partial charge is 0.407 e. The summed E-state index contributed by atoms with van der Waals surface area (Å²) in [6.45, 7) is 0.903. The summed E-state index contributed by atoms with van der Waals surface area (Å²) in [7, 11) is 0. The molecular weight excluding hydrogens is 278 g/mol. The van der Waals surface area contributed by atoms with E-state index >= 15 is 0 Å². The van der Waals surface area contributed by atoms with E-state index in [1.54, 1.807) is 0 Å². The third-order valence-electron chi connectivity index (χ3n) is 4.07. The zero-order chi connectivity index (χ0) is 14.8. The number of rotatable bonds is 3. The van der Waals surface area contributed by atoms with E-state index < -0.39 is 17.7 Å². The number of carbonyl (C=O) groups excluding carboxylic acids is 1. The Balaban J connectivity index is 1.73. The topological polar surface area (TPSA) is 50.4 Å². The number of hydrogen-bond donors (Lipinski definition) is 2. The van der Waals surface area contributed by atoms with Gasteiger partial charge in [-0.1, -0.05) is 6.42 Å². The first kappa shape index (κ1) is 14.3. The normalized spacial score (nSPS) is 29.0. The van der Waals surface area contributed by atoms with Crippen LogP contribution in [-0.4, -0.2) is 30.8 Å². The Morgan fingerprint density at radius 2 is 1.95 bits per heavy atom. The van der Waals surface area contributed by atoms with Crippen molar-refractivity contribution in [3.05, 3.63) is 35.4 Å². The molecule has 6 heteroatoms. The number of hydrogen-bond acceptors (Lipinski definition) is 3. The molecule has 0 bridgehead atoms. The Bertz CT molecular complexity index is 512. The monoisotopic (exact) mass is 296 g/mol. The van der Waals surface area contributed by atoms with Gasteiger partial charge in [-0.3, -0.25) is 0 Å². The highest BCUT2D eigenvalue weighted by molar-refractivity contribution is 5.70. The third-order valence-corrected chi connectivity index (χ3v) is 4.07. The number of carbonyl (C=O) groups is 1. The van der Waals surface area contributed by atoms with Crippen LogP contribution in [0, 0.1) is 11.6 Å². The van der Waals surface area contributed by atoms with Gasteiger partial charge in [-0.25, -0.2) is 13.6 Å². The Morgan fingerprint density at radius 1 is 1.19 bits per heavy atom. The van der Waals surface area contributed by atoms with Gasteiger partial charge >= 0.3 is 6.09 Å². The van der Waals surface area contributed by atoms with Crippen LogP contribution >= 0.6 is 0 Å². The third kappa shape index (κ3) is 3.32. The first-order chi connectivity index (χ1) is 10.1. The van der Waals surface area contributed by atoms with Crippen LogP contribution in [-0.2, 0) is 11.2 Å². The molecule has 4 nitrogen and oxygen atoms in total. The molecule has 0 radical (unpaired) electrons. The standard InChI is InChI=1S/C15H18F2N2O2/c16-10-5-9(6-11(17)8-10)7-13-14(21-15(20)19-13)12-3-1-2-4-18-12/h5-6,8,12-14,18H,1-4,7H2,(H,19,20)/t12?,13-,14+/m0/s1. The lowest BCUT2D eigenvalue weighted by Crippen LogP contribution is -2.49. The predicted octanol–water partition coefficient (Wildman–Crippen LogP) is 2.13. The molecule has 3 rings (SSSR count). The van der Waals surface area contributed by atoms with Crippen molar-refractivity contribution >= 4 is 6.09 Å². The fraction of sp³-hybridized carbons (Fsp3) is 0.533. The van der Waals surface area contributed by atoms with Gasteiger partial charge in [0, 0.05) is 12.1 Å². The number of amides is 1. The lowest BCUT2D eigenvalue weighted by atomic mass is 9.92. The van der Waals surface area contributed by atoms with E-state index in [-0.39, 0.29) is 18.2 Å². The molecule has 0 saturated carbocycles. The SMILES string of the molecule is O=C1N[C@@H](Cc2cc(F)cc(F)c2)[C@@H](C2CCCCN2)O1. The maximum atomic E-state index is 13.3. The van der Waals surface area contributed by atoms with Gasteiger partial charge in [0.2, 0.25) is 0 Å². The van der Waals surface area contributed by atoms with Gasteiger partial charge in [-0.15, -0.1) is 0 Å². The molecule has 21 heavy (non-hydrogen) atoms. The number of nitrogens with one attached hydrogen (secondary N) is 2. The quantitative estimate of drug-likeness (QED) is 0.898. The predicted molar refractivity (Wildman–Crippen MR) is 72.9 cm³/mol. The largest absolute Gasteiger partial charge is 0.442 e. The fourth-order valence-electron chi connectivity index (χ4n) is 3.14. The molecule has 2 fully saturated rings. The van der Waals surface area contributed by atoms with Gasteiger partial charge in [-0.2, -0.15) is 0 Å². The van der Waals surface area contributed by atoms with Crippen molar-refractivity contribution in [3.63, 3.8) is 0 Å². The molecule has 2 aliphatic rings. The summed E-state index contributed by atoms with van der Waals surface area (Å²) in [5.41, 5.74) is 0.518. The summed E-state index contributed by atoms with van der Waals surface area (Å²) in [6, 6.07) is 3.25. The van der Waals surface area contributed by atoms with Crippen molar-refractivity contribution in [2.45, 2.75) is 43.9 Å². The van der Waals surface area contributed by atoms with Crippen molar-refractivity contribution in [1.29, 1.82) is 0 Å². The van der Waals surface area contributed by atoms with Crippen LogP contribution in [0.3, 0.4) is 0 Å². The molecule has 1 aromatic rings. The average molecular weight is 296 g/mol. The Hall–Kier alpha value is -1.69. The molecule has 0 aliphatic carbocycles. The van der Waals surface area contributed by atoms with Crippen LogP contribution in [0.5, 0.6) is 0 Å². The lowest BCUT2D eigenvalue weighted by Gasteiger charge is -2.30. The van der Waals surface area contributed by atoms with Crippen LogP contribution in [0.1, 0.15) is 24.8 Å². The second-order valence-electron chi connectivity index (χ2n) is 5.66. The fourth-order valence-corrected chi connectivity index (χ4v) is 3.14. The minimum absolute atomic E-state index is 0.0982. The molecule has 2 heterocycles. The number of ether oxygens (including phenoxy) is 1. The summed E-state index contributed by atoms with van der Waals surface area (Å²) in [5.74, 6) is -1.22. The van der Waals surface area contributed by atoms with E-state index in [2.05, 4.69) is 10.6 Å². The highest BCUT2D eigenvalue weighted by Crippen LogP contribution is 2.22. The maximum absolute atomic E-state index is 13.3. The average Bonchev–Trinajstić information content (AvgIpc) is 2.79. The van der Waals surface area contributed by atoms with Crippen molar-refractivity contribution < 1.29 is 18.3 Å². The number of alkyl carbamates (subject to hydrolysis) is 1. The van der Waals surface area contributed by atoms with Crippen molar-refractivity contribution in [2.24, 2.45) is 0 Å². The molecule has 1 unspecified atom stereocenters. The summed E-state index contributed by atoms with van der Waals surface area (Å²) in [6.07, 6.45) is 2.73. The van der Waals surface area contributed by atoms with E-state index in [0.717, 1.165) is 31.9 Å². The van der Waals surface area contributed by atoms with Crippen LogP contribution in [0.4, 0.5) is 13.6 Å². The van der Waals surface area contributed by atoms with E-state index in [0.29, 0.717) is 12.0 Å². The first-order valence-electron chi connectivity index (χ1n) is 7.27. The van der Waals surface area contributed by atoms with Crippen LogP contribution < -0.4 is 10.6 Å². The highest BCUT2D eigenvalue weighted by Gasteiger charge is 2.39. The number of piperidine rings is 1. The molecule has 2 saturated heterocycles. The Morgan fingerprint density at radius 3 is 2.62 bits per heavy atom. The molecule has 3 atom stereocenters. The second-order valence-corrected chi connectivity index (χ2v) is 5.66. The van der Waals surface area contributed by atoms with Crippen LogP contribution in [0.25, 0.3) is 0 Å². The summed E-state index contributed by atoms with van der Waals surface area (Å²) >= 11 is 0. The van der Waals surface area contributed by atoms with E-state index in [9.17, 15) is 13.6 Å². The summed E-state index contributed by atoms with van der Waals surface area (Å²) < 4.78 is 31.9. The maximum Gasteiger partial charge on any atom is 0.407 e. The van der Waals surface area contributed by atoms with Gasteiger partial charge in [0.15, 0.2) is 0 Å². The number of halogens is 2. The van der Waals surface area contributed by atoms with Gasteiger partial charge in [0.05, 0.1) is 6.04 Å². The zero-order valence-corrected chi connectivity index (χ0v) is 11.6.